The normalized spacial score (nSPS) is 15.1. The second-order valence-corrected chi connectivity index (χ2v) is 11.0. The number of ether oxygens (including phenoxy) is 1. The summed E-state index contributed by atoms with van der Waals surface area (Å²) in [6, 6.07) is 16.5. The number of carbonyl (C=O) groups is 3. The van der Waals surface area contributed by atoms with Gasteiger partial charge in [0.05, 0.1) is 24.1 Å². The minimum Gasteiger partial charge on any atom is -0.497 e. The van der Waals surface area contributed by atoms with Crippen LogP contribution in [0.25, 0.3) is 0 Å². The molecule has 4 rings (SSSR count). The van der Waals surface area contributed by atoms with Crippen molar-refractivity contribution in [3.05, 3.63) is 94.5 Å². The Balaban J connectivity index is 1.30. The van der Waals surface area contributed by atoms with Crippen molar-refractivity contribution in [3.63, 3.8) is 0 Å². The predicted octanol–water partition coefficient (Wildman–Crippen LogP) is 6.15. The highest BCUT2D eigenvalue weighted by atomic mass is 32.2. The lowest BCUT2D eigenvalue weighted by molar-refractivity contribution is -0.137. The van der Waals surface area contributed by atoms with Crippen LogP contribution in [-0.2, 0) is 35.0 Å². The van der Waals surface area contributed by atoms with E-state index in [1.54, 1.807) is 19.2 Å². The van der Waals surface area contributed by atoms with Crippen LogP contribution in [0.1, 0.15) is 34.7 Å². The second kappa shape index (κ2) is 13.2. The minimum absolute atomic E-state index is 0.0464. The molecule has 1 N–H and O–H groups in total. The molecule has 0 aliphatic carbocycles. The Labute approximate surface area is 246 Å². The molecule has 1 aliphatic rings. The molecule has 1 saturated heterocycles. The third-order valence-corrected chi connectivity index (χ3v) is 7.55. The topological polar surface area (TPSA) is 88.1 Å². The molecule has 1 unspecified atom stereocenters. The number of carbonyl (C=O) groups excluding carboxylic acids is 3. The van der Waals surface area contributed by atoms with E-state index in [9.17, 15) is 27.6 Å². The van der Waals surface area contributed by atoms with E-state index in [-0.39, 0.29) is 36.3 Å². The number of amides is 3. The SMILES string of the molecule is COc1ccc(N2C(=O)CSC2=NC(=O)NC(C)Cc2ccc(CC(=O)Cc3ccc(C(F)(F)F)cc3)cc2)c(C)c1. The number of urea groups is 1. The smallest absolute Gasteiger partial charge is 0.416 e. The van der Waals surface area contributed by atoms with Crippen LogP contribution >= 0.6 is 11.8 Å². The van der Waals surface area contributed by atoms with Gasteiger partial charge in [-0.25, -0.2) is 4.79 Å². The van der Waals surface area contributed by atoms with Gasteiger partial charge in [-0.2, -0.15) is 18.2 Å². The maximum absolute atomic E-state index is 12.7. The molecular formula is C31H30F3N3O4S. The number of thioether (sulfide) groups is 1. The monoisotopic (exact) mass is 597 g/mol. The van der Waals surface area contributed by atoms with Gasteiger partial charge in [-0.1, -0.05) is 48.2 Å². The zero-order valence-electron chi connectivity index (χ0n) is 23.3. The van der Waals surface area contributed by atoms with Gasteiger partial charge in [0.1, 0.15) is 11.5 Å². The number of amidine groups is 1. The van der Waals surface area contributed by atoms with E-state index in [4.69, 9.17) is 4.74 Å². The summed E-state index contributed by atoms with van der Waals surface area (Å²) in [7, 11) is 1.56. The van der Waals surface area contributed by atoms with Gasteiger partial charge in [-0.15, -0.1) is 0 Å². The molecule has 7 nitrogen and oxygen atoms in total. The third-order valence-electron chi connectivity index (χ3n) is 6.63. The van der Waals surface area contributed by atoms with Gasteiger partial charge in [-0.3, -0.25) is 14.5 Å². The van der Waals surface area contributed by atoms with Crippen LogP contribution in [0.2, 0.25) is 0 Å². The fraction of sp³-hybridized carbons (Fsp3) is 0.290. The number of aliphatic imine (C=N–C) groups is 1. The van der Waals surface area contributed by atoms with Crippen LogP contribution in [0.3, 0.4) is 0 Å². The molecule has 0 saturated carbocycles. The summed E-state index contributed by atoms with van der Waals surface area (Å²) in [6.45, 7) is 3.70. The van der Waals surface area contributed by atoms with Crippen LogP contribution in [0.5, 0.6) is 5.75 Å². The average molecular weight is 598 g/mol. The lowest BCUT2D eigenvalue weighted by Crippen LogP contribution is -2.35. The van der Waals surface area contributed by atoms with Crippen molar-refractivity contribution < 1.29 is 32.3 Å². The average Bonchev–Trinajstić information content (AvgIpc) is 3.28. The summed E-state index contributed by atoms with van der Waals surface area (Å²) >= 11 is 1.20. The molecular weight excluding hydrogens is 567 g/mol. The first-order chi connectivity index (χ1) is 19.9. The Kier molecular flexibility index (Phi) is 9.72. The molecule has 0 radical (unpaired) electrons. The molecule has 3 aromatic carbocycles. The summed E-state index contributed by atoms with van der Waals surface area (Å²) in [5.74, 6) is 0.584. The van der Waals surface area contributed by atoms with Gasteiger partial charge in [-0.05, 0) is 72.9 Å². The Morgan fingerprint density at radius 3 is 2.17 bits per heavy atom. The van der Waals surface area contributed by atoms with E-state index >= 15 is 0 Å². The van der Waals surface area contributed by atoms with E-state index < -0.39 is 17.8 Å². The molecule has 1 aliphatic heterocycles. The number of benzene rings is 3. The Hall–Kier alpha value is -4.12. The van der Waals surface area contributed by atoms with E-state index in [2.05, 4.69) is 10.3 Å². The molecule has 0 bridgehead atoms. The van der Waals surface area contributed by atoms with Gasteiger partial charge in [0.2, 0.25) is 5.91 Å². The number of ketones is 1. The van der Waals surface area contributed by atoms with Crippen molar-refractivity contribution in [2.24, 2.45) is 4.99 Å². The van der Waals surface area contributed by atoms with Gasteiger partial charge in [0.25, 0.3) is 0 Å². The highest BCUT2D eigenvalue weighted by Crippen LogP contribution is 2.32. The van der Waals surface area contributed by atoms with Crippen LogP contribution in [0.4, 0.5) is 23.7 Å². The number of rotatable bonds is 9. The van der Waals surface area contributed by atoms with Crippen molar-refractivity contribution in [2.75, 3.05) is 17.8 Å². The molecule has 3 aromatic rings. The summed E-state index contributed by atoms with van der Waals surface area (Å²) in [4.78, 5) is 43.3. The fourth-order valence-electron chi connectivity index (χ4n) is 4.54. The number of aryl methyl sites for hydroxylation is 1. The quantitative estimate of drug-likeness (QED) is 0.320. The lowest BCUT2D eigenvalue weighted by atomic mass is 9.99. The van der Waals surface area contributed by atoms with Gasteiger partial charge in [0.15, 0.2) is 5.17 Å². The maximum Gasteiger partial charge on any atom is 0.416 e. The number of Topliss-reactive ketones (excluding diaryl/α,β-unsaturated/α-hetero) is 1. The predicted molar refractivity (Wildman–Crippen MR) is 157 cm³/mol. The molecule has 220 valence electrons. The Morgan fingerprint density at radius 1 is 1.00 bits per heavy atom. The van der Waals surface area contributed by atoms with Crippen molar-refractivity contribution in [1.82, 2.24) is 5.32 Å². The number of methoxy groups -OCH3 is 1. The number of hydrogen-bond acceptors (Lipinski definition) is 5. The molecule has 11 heteroatoms. The number of alkyl halides is 3. The molecule has 3 amide bonds. The first-order valence-electron chi connectivity index (χ1n) is 13.2. The van der Waals surface area contributed by atoms with Crippen LogP contribution < -0.4 is 15.0 Å². The van der Waals surface area contributed by atoms with E-state index in [1.165, 1.54) is 28.8 Å². The highest BCUT2D eigenvalue weighted by molar-refractivity contribution is 8.15. The highest BCUT2D eigenvalue weighted by Gasteiger charge is 2.32. The summed E-state index contributed by atoms with van der Waals surface area (Å²) in [5, 5.41) is 3.15. The summed E-state index contributed by atoms with van der Waals surface area (Å²) in [6.07, 6.45) is -3.69. The number of halogens is 3. The fourth-order valence-corrected chi connectivity index (χ4v) is 5.40. The van der Waals surface area contributed by atoms with Gasteiger partial charge >= 0.3 is 12.2 Å². The van der Waals surface area contributed by atoms with Crippen LogP contribution in [0, 0.1) is 6.92 Å². The largest absolute Gasteiger partial charge is 0.497 e. The van der Waals surface area contributed by atoms with Crippen molar-refractivity contribution >= 4 is 40.3 Å². The van der Waals surface area contributed by atoms with Gasteiger partial charge < -0.3 is 10.1 Å². The molecule has 1 atom stereocenters. The van der Waals surface area contributed by atoms with Crippen LogP contribution in [0.15, 0.2) is 71.7 Å². The standard InChI is InChI=1S/C31H30F3N3O4S/c1-19-14-26(41-3)12-13-27(19)37-28(39)18-42-30(37)36-29(40)35-20(2)15-21-4-6-22(7-5-21)16-25(38)17-23-8-10-24(11-9-23)31(32,33)34/h4-14,20H,15-18H2,1-3H3,(H,35,40). The second-order valence-electron chi connectivity index (χ2n) is 10.0. The molecule has 0 spiro atoms. The molecule has 1 heterocycles. The number of hydrogen-bond donors (Lipinski definition) is 1. The minimum atomic E-state index is -4.41. The molecule has 1 fully saturated rings. The lowest BCUT2D eigenvalue weighted by Gasteiger charge is -2.19. The van der Waals surface area contributed by atoms with Crippen molar-refractivity contribution in [3.8, 4) is 5.75 Å². The van der Waals surface area contributed by atoms with Crippen LogP contribution in [-0.4, -0.2) is 41.8 Å². The zero-order chi connectivity index (χ0) is 30.4. The molecule has 42 heavy (non-hydrogen) atoms. The first kappa shape index (κ1) is 30.8. The third kappa shape index (κ3) is 8.00. The molecule has 0 aromatic heterocycles. The summed E-state index contributed by atoms with van der Waals surface area (Å²) in [5.41, 5.74) is 2.97. The number of anilines is 1. The van der Waals surface area contributed by atoms with E-state index in [0.717, 1.165) is 28.8 Å². The zero-order valence-corrected chi connectivity index (χ0v) is 24.1. The number of nitrogens with zero attached hydrogens (tertiary/aromatic N) is 2. The van der Waals surface area contributed by atoms with E-state index in [0.29, 0.717) is 28.6 Å². The van der Waals surface area contributed by atoms with Gasteiger partial charge in [0, 0.05) is 18.9 Å². The van der Waals surface area contributed by atoms with E-state index in [1.807, 2.05) is 44.2 Å². The van der Waals surface area contributed by atoms with Crippen molar-refractivity contribution in [2.45, 2.75) is 45.3 Å². The number of nitrogens with one attached hydrogen (secondary N) is 1. The van der Waals surface area contributed by atoms with Crippen molar-refractivity contribution in [1.29, 1.82) is 0 Å². The first-order valence-corrected chi connectivity index (χ1v) is 14.2. The Morgan fingerprint density at radius 2 is 1.60 bits per heavy atom. The Bertz CT molecular complexity index is 1490. The summed E-state index contributed by atoms with van der Waals surface area (Å²) < 4.78 is 43.4. The maximum atomic E-state index is 12.7.